The lowest BCUT2D eigenvalue weighted by atomic mass is 10.1. The molecule has 0 radical (unpaired) electrons. The van der Waals surface area contributed by atoms with Crippen LogP contribution in [0.1, 0.15) is 22.8 Å². The van der Waals surface area contributed by atoms with Crippen molar-refractivity contribution in [2.45, 2.75) is 25.5 Å². The third kappa shape index (κ3) is 4.96. The zero-order valence-corrected chi connectivity index (χ0v) is 12.4. The van der Waals surface area contributed by atoms with E-state index in [4.69, 9.17) is 16.1 Å². The molecule has 5 N–H and O–H groups in total. The number of aliphatic hydroxyl groups is 1. The van der Waals surface area contributed by atoms with Crippen molar-refractivity contribution in [3.05, 3.63) is 47.0 Å². The van der Waals surface area contributed by atoms with Gasteiger partial charge in [-0.15, -0.1) is 0 Å². The van der Waals surface area contributed by atoms with Gasteiger partial charge in [-0.05, 0) is 24.5 Å². The summed E-state index contributed by atoms with van der Waals surface area (Å²) in [5.41, 5.74) is 3.43. The van der Waals surface area contributed by atoms with Gasteiger partial charge in [-0.1, -0.05) is 23.8 Å². The van der Waals surface area contributed by atoms with Crippen LogP contribution in [-0.4, -0.2) is 45.4 Å². The molecular formula is C15H20N2O5. The van der Waals surface area contributed by atoms with E-state index in [0.29, 0.717) is 12.2 Å². The maximum absolute atomic E-state index is 10.0. The Balaban J connectivity index is 0.000000261. The second-order valence-electron chi connectivity index (χ2n) is 5.09. The molecule has 0 fully saturated rings. The Morgan fingerprint density at radius 1 is 1.27 bits per heavy atom. The van der Waals surface area contributed by atoms with Crippen LogP contribution in [0.3, 0.4) is 0 Å². The lowest BCUT2D eigenvalue weighted by Crippen LogP contribution is -2.40. The lowest BCUT2D eigenvalue weighted by molar-refractivity contribution is -0.134. The molecule has 7 nitrogen and oxygen atoms in total. The van der Waals surface area contributed by atoms with Crippen LogP contribution in [-0.2, 0) is 16.0 Å². The number of fused-ring (bicyclic) bond motifs is 1. The van der Waals surface area contributed by atoms with Crippen LogP contribution in [0.15, 0.2) is 30.4 Å². The molecule has 2 rings (SSSR count). The zero-order valence-electron chi connectivity index (χ0n) is 12.4. The van der Waals surface area contributed by atoms with Gasteiger partial charge in [-0.2, -0.15) is 0 Å². The normalized spacial score (nSPS) is 19.7. The molecule has 1 aromatic rings. The van der Waals surface area contributed by atoms with Crippen molar-refractivity contribution in [3.63, 3.8) is 0 Å². The molecule has 0 saturated carbocycles. The first kappa shape index (κ1) is 17.8. The van der Waals surface area contributed by atoms with E-state index in [0.717, 1.165) is 12.0 Å². The number of rotatable bonds is 3. The number of nitrogens with zero attached hydrogens (tertiary/aromatic N) is 1. The quantitative estimate of drug-likeness (QED) is 0.363. The van der Waals surface area contributed by atoms with E-state index >= 15 is 0 Å². The fourth-order valence-corrected chi connectivity index (χ4v) is 2.23. The number of hydrogen-bond donors (Lipinski definition) is 4. The molecule has 0 bridgehead atoms. The van der Waals surface area contributed by atoms with E-state index in [-0.39, 0.29) is 6.04 Å². The summed E-state index contributed by atoms with van der Waals surface area (Å²) in [5, 5.41) is 27.2. The number of aryl methyl sites for hydroxylation is 1. The SMILES string of the molecule is Cc1ccc2c(c1)[C@@H](O)[C@H](N(C)N)C2.O=C(O)/C=C\C(=O)O. The number of carboxylic acid groups (broad SMARTS) is 2. The second-order valence-corrected chi connectivity index (χ2v) is 5.09. The van der Waals surface area contributed by atoms with Gasteiger partial charge in [0.15, 0.2) is 0 Å². The lowest BCUT2D eigenvalue weighted by Gasteiger charge is -2.22. The number of nitrogens with two attached hydrogens (primary N) is 1. The van der Waals surface area contributed by atoms with Gasteiger partial charge in [-0.3, -0.25) is 5.84 Å². The van der Waals surface area contributed by atoms with Gasteiger partial charge in [0.25, 0.3) is 0 Å². The number of likely N-dealkylation sites (N-methyl/N-ethyl adjacent to an activating group) is 1. The molecule has 120 valence electrons. The van der Waals surface area contributed by atoms with E-state index in [9.17, 15) is 14.7 Å². The summed E-state index contributed by atoms with van der Waals surface area (Å²) >= 11 is 0. The van der Waals surface area contributed by atoms with Crippen molar-refractivity contribution in [1.29, 1.82) is 0 Å². The number of hydrogen-bond acceptors (Lipinski definition) is 5. The average Bonchev–Trinajstić information content (AvgIpc) is 2.75. The van der Waals surface area contributed by atoms with E-state index in [1.54, 1.807) is 12.1 Å². The Morgan fingerprint density at radius 2 is 1.82 bits per heavy atom. The molecule has 2 atom stereocenters. The minimum Gasteiger partial charge on any atom is -0.478 e. The molecule has 0 spiro atoms. The van der Waals surface area contributed by atoms with E-state index < -0.39 is 18.0 Å². The highest BCUT2D eigenvalue weighted by Crippen LogP contribution is 2.33. The Morgan fingerprint density at radius 3 is 2.27 bits per heavy atom. The minimum absolute atomic E-state index is 0.0202. The number of hydrazine groups is 1. The van der Waals surface area contributed by atoms with Gasteiger partial charge in [-0.25, -0.2) is 14.6 Å². The predicted molar refractivity (Wildman–Crippen MR) is 80.0 cm³/mol. The smallest absolute Gasteiger partial charge is 0.328 e. The van der Waals surface area contributed by atoms with Gasteiger partial charge in [0.1, 0.15) is 0 Å². The van der Waals surface area contributed by atoms with Crippen LogP contribution in [0.25, 0.3) is 0 Å². The first-order valence-electron chi connectivity index (χ1n) is 6.61. The first-order chi connectivity index (χ1) is 10.2. The Kier molecular flexibility index (Phi) is 6.24. The maximum Gasteiger partial charge on any atom is 0.328 e. The summed E-state index contributed by atoms with van der Waals surface area (Å²) in [6, 6.07) is 6.22. The summed E-state index contributed by atoms with van der Waals surface area (Å²) in [7, 11) is 1.80. The second kappa shape index (κ2) is 7.69. The van der Waals surface area contributed by atoms with E-state index in [1.807, 2.05) is 13.0 Å². The molecule has 1 aromatic carbocycles. The van der Waals surface area contributed by atoms with Gasteiger partial charge in [0, 0.05) is 19.2 Å². The standard InChI is InChI=1S/C11H16N2O.C4H4O4/c1-7-3-4-8-6-10(13(2)12)11(14)9(8)5-7;5-3(6)1-2-4(7)8/h3-5,10-11,14H,6,12H2,1-2H3;1-2H,(H,5,6)(H,7,8)/b;2-1-/t10-,11-;/m1./s1. The molecule has 22 heavy (non-hydrogen) atoms. The third-order valence-electron chi connectivity index (χ3n) is 3.31. The summed E-state index contributed by atoms with van der Waals surface area (Å²) in [5.74, 6) is 3.16. The summed E-state index contributed by atoms with van der Waals surface area (Å²) in [6.45, 7) is 2.03. The van der Waals surface area contributed by atoms with Crippen LogP contribution in [0, 0.1) is 6.92 Å². The van der Waals surface area contributed by atoms with Gasteiger partial charge in [0.05, 0.1) is 12.1 Å². The Labute approximate surface area is 128 Å². The van der Waals surface area contributed by atoms with E-state index in [2.05, 4.69) is 12.1 Å². The maximum atomic E-state index is 10.0. The minimum atomic E-state index is -1.26. The molecule has 0 saturated heterocycles. The van der Waals surface area contributed by atoms with E-state index in [1.165, 1.54) is 11.1 Å². The van der Waals surface area contributed by atoms with Crippen LogP contribution in [0.4, 0.5) is 0 Å². The van der Waals surface area contributed by atoms with Gasteiger partial charge in [0.2, 0.25) is 0 Å². The van der Waals surface area contributed by atoms with Crippen molar-refractivity contribution in [1.82, 2.24) is 5.01 Å². The van der Waals surface area contributed by atoms with Gasteiger partial charge >= 0.3 is 11.9 Å². The first-order valence-corrected chi connectivity index (χ1v) is 6.61. The highest BCUT2D eigenvalue weighted by atomic mass is 16.4. The molecule has 0 amide bonds. The predicted octanol–water partition coefficient (Wildman–Crippen LogP) is 0.470. The number of aliphatic hydroxyl groups excluding tert-OH is 1. The molecule has 1 aliphatic carbocycles. The molecular weight excluding hydrogens is 288 g/mol. The summed E-state index contributed by atoms with van der Waals surface area (Å²) in [4.78, 5) is 19.1. The fraction of sp³-hybridized carbons (Fsp3) is 0.333. The van der Waals surface area contributed by atoms with Crippen molar-refractivity contribution in [2.75, 3.05) is 7.05 Å². The molecule has 0 heterocycles. The molecule has 0 unspecified atom stereocenters. The molecule has 1 aliphatic rings. The topological polar surface area (TPSA) is 124 Å². The average molecular weight is 308 g/mol. The number of carboxylic acids is 2. The van der Waals surface area contributed by atoms with Crippen molar-refractivity contribution < 1.29 is 24.9 Å². The molecule has 0 aromatic heterocycles. The zero-order chi connectivity index (χ0) is 16.9. The molecule has 7 heteroatoms. The fourth-order valence-electron chi connectivity index (χ4n) is 2.23. The van der Waals surface area contributed by atoms with Crippen molar-refractivity contribution in [3.8, 4) is 0 Å². The van der Waals surface area contributed by atoms with Crippen LogP contribution < -0.4 is 5.84 Å². The van der Waals surface area contributed by atoms with Crippen LogP contribution in [0.2, 0.25) is 0 Å². The number of carbonyl (C=O) groups is 2. The van der Waals surface area contributed by atoms with Crippen LogP contribution in [0.5, 0.6) is 0 Å². The van der Waals surface area contributed by atoms with Gasteiger partial charge < -0.3 is 15.3 Å². The summed E-state index contributed by atoms with van der Waals surface area (Å²) < 4.78 is 0. The monoisotopic (exact) mass is 308 g/mol. The highest BCUT2D eigenvalue weighted by Gasteiger charge is 2.32. The number of benzene rings is 1. The summed E-state index contributed by atoms with van der Waals surface area (Å²) in [6.07, 6.45) is 1.51. The Hall–Kier alpha value is -2.22. The molecule has 0 aliphatic heterocycles. The van der Waals surface area contributed by atoms with Crippen LogP contribution >= 0.6 is 0 Å². The van der Waals surface area contributed by atoms with Crippen molar-refractivity contribution >= 4 is 11.9 Å². The largest absolute Gasteiger partial charge is 0.478 e. The Bertz CT molecular complexity index is 567. The third-order valence-corrected chi connectivity index (χ3v) is 3.31. The highest BCUT2D eigenvalue weighted by molar-refractivity contribution is 5.89. The number of aliphatic carboxylic acids is 2. The van der Waals surface area contributed by atoms with Crippen molar-refractivity contribution in [2.24, 2.45) is 5.84 Å².